The van der Waals surface area contributed by atoms with Gasteiger partial charge in [-0.1, -0.05) is 18.9 Å². The minimum absolute atomic E-state index is 0.144. The average molecular weight is 275 g/mol. The van der Waals surface area contributed by atoms with E-state index in [4.69, 9.17) is 0 Å². The lowest BCUT2D eigenvalue weighted by Gasteiger charge is -2.24. The molecule has 0 radical (unpaired) electrons. The van der Waals surface area contributed by atoms with Gasteiger partial charge in [-0.2, -0.15) is 0 Å². The third kappa shape index (κ3) is 4.04. The molecule has 4 heteroatoms. The van der Waals surface area contributed by atoms with Crippen LogP contribution in [0.15, 0.2) is 18.3 Å². The van der Waals surface area contributed by atoms with Crippen molar-refractivity contribution < 1.29 is 4.79 Å². The Kier molecular flexibility index (Phi) is 5.53. The zero-order valence-electron chi connectivity index (χ0n) is 12.6. The highest BCUT2D eigenvalue weighted by Crippen LogP contribution is 2.11. The van der Waals surface area contributed by atoms with Crippen LogP contribution in [-0.2, 0) is 11.3 Å². The molecule has 2 heterocycles. The number of carbonyl (C=O) groups is 1. The van der Waals surface area contributed by atoms with Crippen molar-refractivity contribution in [1.29, 1.82) is 0 Å². The van der Waals surface area contributed by atoms with E-state index in [1.54, 1.807) is 6.20 Å². The SMILES string of the molecule is Cc1cccnc1CNC(C)C(=O)N1CCCCCC1. The highest BCUT2D eigenvalue weighted by molar-refractivity contribution is 5.81. The van der Waals surface area contributed by atoms with Crippen LogP contribution in [0.2, 0.25) is 0 Å². The monoisotopic (exact) mass is 275 g/mol. The second kappa shape index (κ2) is 7.39. The molecule has 1 aliphatic rings. The summed E-state index contributed by atoms with van der Waals surface area (Å²) < 4.78 is 0. The molecule has 20 heavy (non-hydrogen) atoms. The van der Waals surface area contributed by atoms with Gasteiger partial charge in [0.1, 0.15) is 0 Å². The Balaban J connectivity index is 1.86. The Morgan fingerprint density at radius 1 is 1.35 bits per heavy atom. The van der Waals surface area contributed by atoms with E-state index in [2.05, 4.69) is 10.3 Å². The van der Waals surface area contributed by atoms with Crippen LogP contribution < -0.4 is 5.32 Å². The molecule has 1 unspecified atom stereocenters. The molecule has 0 aromatic carbocycles. The number of nitrogens with zero attached hydrogens (tertiary/aromatic N) is 2. The first-order valence-electron chi connectivity index (χ1n) is 7.61. The topological polar surface area (TPSA) is 45.2 Å². The van der Waals surface area contributed by atoms with Crippen molar-refractivity contribution in [1.82, 2.24) is 15.2 Å². The summed E-state index contributed by atoms with van der Waals surface area (Å²) in [6, 6.07) is 3.84. The number of aromatic nitrogens is 1. The van der Waals surface area contributed by atoms with E-state index >= 15 is 0 Å². The van der Waals surface area contributed by atoms with Crippen molar-refractivity contribution in [2.24, 2.45) is 0 Å². The molecule has 0 saturated carbocycles. The van der Waals surface area contributed by atoms with Gasteiger partial charge in [0.25, 0.3) is 0 Å². The Morgan fingerprint density at radius 2 is 2.05 bits per heavy atom. The highest BCUT2D eigenvalue weighted by atomic mass is 16.2. The molecule has 1 aromatic rings. The van der Waals surface area contributed by atoms with E-state index in [9.17, 15) is 4.79 Å². The van der Waals surface area contributed by atoms with Gasteiger partial charge in [-0.05, 0) is 38.3 Å². The maximum absolute atomic E-state index is 12.4. The van der Waals surface area contributed by atoms with Crippen LogP contribution in [0.3, 0.4) is 0 Å². The average Bonchev–Trinajstić information content (AvgIpc) is 2.74. The molecule has 1 aromatic heterocycles. The second-order valence-electron chi connectivity index (χ2n) is 5.61. The largest absolute Gasteiger partial charge is 0.341 e. The first-order chi connectivity index (χ1) is 9.68. The van der Waals surface area contributed by atoms with Gasteiger partial charge in [0.15, 0.2) is 0 Å². The van der Waals surface area contributed by atoms with Crippen LogP contribution in [0.4, 0.5) is 0 Å². The normalized spacial score (nSPS) is 17.6. The van der Waals surface area contributed by atoms with Gasteiger partial charge < -0.3 is 10.2 Å². The molecule has 0 aliphatic carbocycles. The number of hydrogen-bond acceptors (Lipinski definition) is 3. The van der Waals surface area contributed by atoms with E-state index in [1.165, 1.54) is 12.8 Å². The highest BCUT2D eigenvalue weighted by Gasteiger charge is 2.21. The van der Waals surface area contributed by atoms with Crippen LogP contribution >= 0.6 is 0 Å². The van der Waals surface area contributed by atoms with Gasteiger partial charge in [-0.15, -0.1) is 0 Å². The van der Waals surface area contributed by atoms with E-state index in [0.29, 0.717) is 6.54 Å². The number of aryl methyl sites for hydroxylation is 1. The van der Waals surface area contributed by atoms with E-state index < -0.39 is 0 Å². The lowest BCUT2D eigenvalue weighted by atomic mass is 10.2. The molecule has 2 rings (SSSR count). The van der Waals surface area contributed by atoms with Gasteiger partial charge in [0.2, 0.25) is 5.91 Å². The summed E-state index contributed by atoms with van der Waals surface area (Å²) in [5.41, 5.74) is 2.18. The lowest BCUT2D eigenvalue weighted by Crippen LogP contribution is -2.45. The fourth-order valence-electron chi connectivity index (χ4n) is 2.61. The van der Waals surface area contributed by atoms with Crippen LogP contribution in [0.25, 0.3) is 0 Å². The fraction of sp³-hybridized carbons (Fsp3) is 0.625. The van der Waals surface area contributed by atoms with Crippen molar-refractivity contribution in [3.63, 3.8) is 0 Å². The molecule has 1 amide bonds. The number of amides is 1. The molecular weight excluding hydrogens is 250 g/mol. The molecular formula is C16H25N3O. The molecule has 1 N–H and O–H groups in total. The molecule has 0 bridgehead atoms. The third-order valence-corrected chi connectivity index (χ3v) is 3.98. The summed E-state index contributed by atoms with van der Waals surface area (Å²) in [5, 5.41) is 3.30. The van der Waals surface area contributed by atoms with E-state index in [-0.39, 0.29) is 11.9 Å². The van der Waals surface area contributed by atoms with Crippen LogP contribution in [0.5, 0.6) is 0 Å². The Hall–Kier alpha value is -1.42. The van der Waals surface area contributed by atoms with Crippen LogP contribution in [0, 0.1) is 6.92 Å². The van der Waals surface area contributed by atoms with Crippen molar-refractivity contribution in [2.45, 2.75) is 52.1 Å². The van der Waals surface area contributed by atoms with Crippen molar-refractivity contribution in [3.8, 4) is 0 Å². The standard InChI is InChI=1S/C16H25N3O/c1-13-8-7-9-17-15(13)12-18-14(2)16(20)19-10-5-3-4-6-11-19/h7-9,14,18H,3-6,10-12H2,1-2H3. The second-order valence-corrected chi connectivity index (χ2v) is 5.61. The predicted molar refractivity (Wildman–Crippen MR) is 80.3 cm³/mol. The van der Waals surface area contributed by atoms with Gasteiger partial charge in [-0.25, -0.2) is 0 Å². The van der Waals surface area contributed by atoms with Crippen molar-refractivity contribution in [2.75, 3.05) is 13.1 Å². The summed E-state index contributed by atoms with van der Waals surface area (Å²) in [4.78, 5) is 18.8. The molecule has 1 fully saturated rings. The van der Waals surface area contributed by atoms with Crippen LogP contribution in [0.1, 0.15) is 43.9 Å². The molecule has 1 aliphatic heterocycles. The number of carbonyl (C=O) groups excluding carboxylic acids is 1. The zero-order chi connectivity index (χ0) is 14.4. The third-order valence-electron chi connectivity index (χ3n) is 3.98. The maximum atomic E-state index is 12.4. The number of pyridine rings is 1. The smallest absolute Gasteiger partial charge is 0.239 e. The van der Waals surface area contributed by atoms with Crippen molar-refractivity contribution >= 4 is 5.91 Å². The van der Waals surface area contributed by atoms with E-state index in [1.807, 2.05) is 30.9 Å². The van der Waals surface area contributed by atoms with Gasteiger partial charge in [0.05, 0.1) is 11.7 Å². The Morgan fingerprint density at radius 3 is 2.70 bits per heavy atom. The Bertz CT molecular complexity index is 439. The minimum Gasteiger partial charge on any atom is -0.341 e. The first-order valence-corrected chi connectivity index (χ1v) is 7.61. The number of hydrogen-bond donors (Lipinski definition) is 1. The molecule has 1 saturated heterocycles. The summed E-state index contributed by atoms with van der Waals surface area (Å²) in [7, 11) is 0. The lowest BCUT2D eigenvalue weighted by molar-refractivity contribution is -0.133. The fourth-order valence-corrected chi connectivity index (χ4v) is 2.61. The van der Waals surface area contributed by atoms with E-state index in [0.717, 1.165) is 37.2 Å². The number of rotatable bonds is 4. The summed E-state index contributed by atoms with van der Waals surface area (Å²) in [6.45, 7) is 6.46. The number of nitrogens with one attached hydrogen (secondary N) is 1. The summed E-state index contributed by atoms with van der Waals surface area (Å²) in [6.07, 6.45) is 6.57. The summed E-state index contributed by atoms with van der Waals surface area (Å²) in [5.74, 6) is 0.223. The number of likely N-dealkylation sites (tertiary alicyclic amines) is 1. The maximum Gasteiger partial charge on any atom is 0.239 e. The molecule has 110 valence electrons. The quantitative estimate of drug-likeness (QED) is 0.917. The Labute approximate surface area is 121 Å². The van der Waals surface area contributed by atoms with Gasteiger partial charge >= 0.3 is 0 Å². The molecule has 0 spiro atoms. The van der Waals surface area contributed by atoms with Crippen LogP contribution in [-0.4, -0.2) is 34.9 Å². The first kappa shape index (κ1) is 15.0. The van der Waals surface area contributed by atoms with Gasteiger partial charge in [0, 0.05) is 25.8 Å². The predicted octanol–water partition coefficient (Wildman–Crippen LogP) is 2.27. The molecule has 4 nitrogen and oxygen atoms in total. The minimum atomic E-state index is -0.144. The zero-order valence-corrected chi connectivity index (χ0v) is 12.6. The van der Waals surface area contributed by atoms with Gasteiger partial charge in [-0.3, -0.25) is 9.78 Å². The van der Waals surface area contributed by atoms with Crippen molar-refractivity contribution in [3.05, 3.63) is 29.6 Å². The summed E-state index contributed by atoms with van der Waals surface area (Å²) >= 11 is 0. The molecule has 1 atom stereocenters.